The third kappa shape index (κ3) is 7.73. The molecule has 1 unspecified atom stereocenters. The molecule has 2 N–H and O–H groups in total. The molecule has 27 heavy (non-hydrogen) atoms. The fourth-order valence-electron chi connectivity index (χ4n) is 3.60. The summed E-state index contributed by atoms with van der Waals surface area (Å²) in [6, 6.07) is 0. The highest BCUT2D eigenvalue weighted by atomic mass is 127. The van der Waals surface area contributed by atoms with Crippen molar-refractivity contribution in [1.82, 2.24) is 15.5 Å². The van der Waals surface area contributed by atoms with E-state index in [1.807, 2.05) is 7.05 Å². The summed E-state index contributed by atoms with van der Waals surface area (Å²) in [7, 11) is 1.81. The molecule has 1 aliphatic carbocycles. The number of carbonyl (C=O) groups is 1. The first kappa shape index (κ1) is 22.7. The number of ether oxygens (including phenoxy) is 2. The number of nitrogens with one attached hydrogen (secondary N) is 2. The van der Waals surface area contributed by atoms with Gasteiger partial charge in [0.1, 0.15) is 0 Å². The zero-order valence-electron chi connectivity index (χ0n) is 16.5. The average Bonchev–Trinajstić information content (AvgIpc) is 3.53. The van der Waals surface area contributed by atoms with Crippen molar-refractivity contribution in [3.63, 3.8) is 0 Å². The summed E-state index contributed by atoms with van der Waals surface area (Å²) in [5.41, 5.74) is 0. The molecule has 0 aromatic heterocycles. The van der Waals surface area contributed by atoms with Crippen LogP contribution in [0.1, 0.15) is 44.9 Å². The highest BCUT2D eigenvalue weighted by molar-refractivity contribution is 14.0. The molecule has 7 nitrogen and oxygen atoms in total. The lowest BCUT2D eigenvalue weighted by atomic mass is 10.1. The van der Waals surface area contributed by atoms with Gasteiger partial charge in [-0.3, -0.25) is 9.79 Å². The van der Waals surface area contributed by atoms with Gasteiger partial charge in [0.2, 0.25) is 5.91 Å². The number of aliphatic imine (C=N–C) groups is 1. The highest BCUT2D eigenvalue weighted by Crippen LogP contribution is 2.28. The Labute approximate surface area is 180 Å². The quantitative estimate of drug-likeness (QED) is 0.244. The Balaban J connectivity index is 0.00000261. The number of carbonyl (C=O) groups excluding carboxylic acids is 1. The number of likely N-dealkylation sites (tertiary alicyclic amines) is 1. The molecular weight excluding hydrogens is 459 g/mol. The molecule has 1 atom stereocenters. The molecule has 3 fully saturated rings. The van der Waals surface area contributed by atoms with E-state index >= 15 is 0 Å². The summed E-state index contributed by atoms with van der Waals surface area (Å²) in [6.45, 7) is 4.87. The topological polar surface area (TPSA) is 75.2 Å². The van der Waals surface area contributed by atoms with Crippen molar-refractivity contribution >= 4 is 35.8 Å². The zero-order valence-corrected chi connectivity index (χ0v) is 18.8. The molecule has 1 saturated carbocycles. The monoisotopic (exact) mass is 494 g/mol. The maximum Gasteiger partial charge on any atom is 0.223 e. The second-order valence-corrected chi connectivity index (χ2v) is 7.55. The van der Waals surface area contributed by atoms with E-state index in [4.69, 9.17) is 9.47 Å². The molecule has 2 saturated heterocycles. The maximum absolute atomic E-state index is 11.6. The first-order chi connectivity index (χ1) is 12.8. The van der Waals surface area contributed by atoms with Gasteiger partial charge in [-0.15, -0.1) is 24.0 Å². The van der Waals surface area contributed by atoms with E-state index in [1.54, 1.807) is 0 Å². The average molecular weight is 494 g/mol. The van der Waals surface area contributed by atoms with Crippen molar-refractivity contribution in [2.75, 3.05) is 46.4 Å². The molecule has 0 radical (unpaired) electrons. The summed E-state index contributed by atoms with van der Waals surface area (Å²) < 4.78 is 11.8. The summed E-state index contributed by atoms with van der Waals surface area (Å²) in [6.07, 6.45) is 8.33. The molecule has 3 aliphatic rings. The van der Waals surface area contributed by atoms with Crippen LogP contribution in [-0.2, 0) is 14.3 Å². The van der Waals surface area contributed by atoms with Gasteiger partial charge in [-0.05, 0) is 44.9 Å². The Morgan fingerprint density at radius 3 is 2.48 bits per heavy atom. The number of halogens is 1. The highest BCUT2D eigenvalue weighted by Gasteiger charge is 2.29. The van der Waals surface area contributed by atoms with Gasteiger partial charge < -0.3 is 25.0 Å². The third-order valence-electron chi connectivity index (χ3n) is 5.40. The van der Waals surface area contributed by atoms with Crippen LogP contribution in [0.3, 0.4) is 0 Å². The van der Waals surface area contributed by atoms with Gasteiger partial charge in [-0.1, -0.05) is 0 Å². The van der Waals surface area contributed by atoms with Gasteiger partial charge in [-0.25, -0.2) is 0 Å². The molecule has 2 heterocycles. The van der Waals surface area contributed by atoms with Crippen LogP contribution in [0, 0.1) is 5.92 Å². The summed E-state index contributed by atoms with van der Waals surface area (Å²) in [5.74, 6) is 1.38. The Morgan fingerprint density at radius 2 is 1.85 bits per heavy atom. The standard InChI is InChI=1S/C19H34N4O3.HI/c1-20-19(22-10-9-21-18(24)15-5-6-15)23-11-7-16(8-12-23)26-14-17-4-2-3-13-25-17;/h15-17H,2-14H2,1H3,(H,20,22)(H,21,24);1H. The first-order valence-electron chi connectivity index (χ1n) is 10.2. The SMILES string of the molecule is CN=C(NCCNC(=O)C1CC1)N1CCC(OCC2CCCCO2)CC1.I. The van der Waals surface area contributed by atoms with Gasteiger partial charge in [0.25, 0.3) is 0 Å². The minimum atomic E-state index is 0. The minimum Gasteiger partial charge on any atom is -0.376 e. The normalized spacial score (nSPS) is 24.3. The Hall–Kier alpha value is -0.610. The van der Waals surface area contributed by atoms with E-state index in [1.165, 1.54) is 12.8 Å². The Bertz CT molecular complexity index is 474. The largest absolute Gasteiger partial charge is 0.376 e. The van der Waals surface area contributed by atoms with Gasteiger partial charge >= 0.3 is 0 Å². The lowest BCUT2D eigenvalue weighted by Gasteiger charge is -2.35. The predicted molar refractivity (Wildman–Crippen MR) is 117 cm³/mol. The van der Waals surface area contributed by atoms with Gasteiger partial charge in [0, 0.05) is 45.8 Å². The van der Waals surface area contributed by atoms with Crippen LogP contribution in [-0.4, -0.2) is 75.4 Å². The van der Waals surface area contributed by atoms with Crippen LogP contribution in [0.5, 0.6) is 0 Å². The van der Waals surface area contributed by atoms with Crippen LogP contribution in [0.15, 0.2) is 4.99 Å². The lowest BCUT2D eigenvalue weighted by Crippen LogP contribution is -2.48. The van der Waals surface area contributed by atoms with E-state index in [-0.39, 0.29) is 35.8 Å². The maximum atomic E-state index is 11.6. The Kier molecular flexibility index (Phi) is 10.1. The van der Waals surface area contributed by atoms with E-state index < -0.39 is 0 Å². The summed E-state index contributed by atoms with van der Waals surface area (Å²) in [5, 5.41) is 6.33. The minimum absolute atomic E-state index is 0. The lowest BCUT2D eigenvalue weighted by molar-refractivity contribution is -0.122. The van der Waals surface area contributed by atoms with Crippen LogP contribution in [0.4, 0.5) is 0 Å². The zero-order chi connectivity index (χ0) is 18.2. The van der Waals surface area contributed by atoms with Gasteiger partial charge in [0.15, 0.2) is 5.96 Å². The summed E-state index contributed by atoms with van der Waals surface area (Å²) >= 11 is 0. The molecule has 2 aliphatic heterocycles. The fourth-order valence-corrected chi connectivity index (χ4v) is 3.60. The number of guanidine groups is 1. The molecule has 3 rings (SSSR count). The number of amides is 1. The number of rotatable bonds is 7. The number of piperidine rings is 1. The number of nitrogens with zero attached hydrogens (tertiary/aromatic N) is 2. The number of hydrogen-bond acceptors (Lipinski definition) is 4. The molecule has 8 heteroatoms. The molecular formula is C19H35IN4O3. The van der Waals surface area contributed by atoms with Crippen LogP contribution in [0.2, 0.25) is 0 Å². The third-order valence-corrected chi connectivity index (χ3v) is 5.40. The second kappa shape index (κ2) is 12.1. The second-order valence-electron chi connectivity index (χ2n) is 7.55. The van der Waals surface area contributed by atoms with Gasteiger partial charge in [0.05, 0.1) is 18.8 Å². The van der Waals surface area contributed by atoms with E-state index in [9.17, 15) is 4.79 Å². The smallest absolute Gasteiger partial charge is 0.223 e. The van der Waals surface area contributed by atoms with Crippen LogP contribution in [0.25, 0.3) is 0 Å². The molecule has 0 aromatic rings. The van der Waals surface area contributed by atoms with E-state index in [0.717, 1.165) is 64.4 Å². The van der Waals surface area contributed by atoms with Gasteiger partial charge in [-0.2, -0.15) is 0 Å². The van der Waals surface area contributed by atoms with Crippen LogP contribution < -0.4 is 10.6 Å². The van der Waals surface area contributed by atoms with Crippen LogP contribution >= 0.6 is 24.0 Å². The molecule has 0 spiro atoms. The molecule has 156 valence electrons. The van der Waals surface area contributed by atoms with Crippen molar-refractivity contribution in [1.29, 1.82) is 0 Å². The molecule has 1 amide bonds. The van der Waals surface area contributed by atoms with Crippen molar-refractivity contribution in [2.24, 2.45) is 10.9 Å². The van der Waals surface area contributed by atoms with Crippen molar-refractivity contribution in [3.05, 3.63) is 0 Å². The van der Waals surface area contributed by atoms with Crippen molar-refractivity contribution in [3.8, 4) is 0 Å². The molecule has 0 bridgehead atoms. The summed E-state index contributed by atoms with van der Waals surface area (Å²) in [4.78, 5) is 18.3. The fraction of sp³-hybridized carbons (Fsp3) is 0.895. The molecule has 0 aromatic carbocycles. The predicted octanol–water partition coefficient (Wildman–Crippen LogP) is 1.76. The van der Waals surface area contributed by atoms with Crippen molar-refractivity contribution < 1.29 is 14.3 Å². The van der Waals surface area contributed by atoms with E-state index in [0.29, 0.717) is 25.3 Å². The first-order valence-corrected chi connectivity index (χ1v) is 10.2. The number of hydrogen-bond donors (Lipinski definition) is 2. The van der Waals surface area contributed by atoms with Crippen molar-refractivity contribution in [2.45, 2.75) is 57.2 Å². The Morgan fingerprint density at radius 1 is 1.11 bits per heavy atom. The van der Waals surface area contributed by atoms with E-state index in [2.05, 4.69) is 20.5 Å².